The third kappa shape index (κ3) is 11.4. The lowest BCUT2D eigenvalue weighted by atomic mass is 10.1. The minimum atomic E-state index is -3.14. The molecule has 1 amide bonds. The van der Waals surface area contributed by atoms with Gasteiger partial charge in [0.25, 0.3) is 0 Å². The van der Waals surface area contributed by atoms with Gasteiger partial charge in [0.1, 0.15) is 0 Å². The summed E-state index contributed by atoms with van der Waals surface area (Å²) in [6, 6.07) is 15.1. The maximum Gasteiger partial charge on any atom is 0.225 e. The summed E-state index contributed by atoms with van der Waals surface area (Å²) in [7, 11) is -4.03. The smallest absolute Gasteiger partial charge is 0.225 e. The summed E-state index contributed by atoms with van der Waals surface area (Å²) in [5, 5.41) is 11.6. The Labute approximate surface area is 221 Å². The number of unbranched alkanes of at least 4 members (excludes halogenated alkanes) is 1. The van der Waals surface area contributed by atoms with E-state index in [0.29, 0.717) is 11.4 Å². The van der Waals surface area contributed by atoms with Gasteiger partial charge >= 0.3 is 0 Å². The maximum absolute atomic E-state index is 11.9. The normalized spacial score (nSPS) is 12.7. The molecule has 0 aliphatic rings. The van der Waals surface area contributed by atoms with Gasteiger partial charge in [-0.05, 0) is 90.2 Å². The molecule has 1 N–H and O–H groups in total. The third-order valence-electron chi connectivity index (χ3n) is 6.12. The Morgan fingerprint density at radius 1 is 0.972 bits per heavy atom. The second-order valence-electron chi connectivity index (χ2n) is 10.3. The van der Waals surface area contributed by atoms with E-state index in [2.05, 4.69) is 61.5 Å². The molecule has 0 aliphatic carbocycles. The fourth-order valence-corrected chi connectivity index (χ4v) is 5.76. The molecule has 0 aliphatic heterocycles. The van der Waals surface area contributed by atoms with E-state index in [1.807, 2.05) is 12.1 Å². The Morgan fingerprint density at radius 3 is 2.06 bits per heavy atom. The first-order chi connectivity index (χ1) is 16.7. The summed E-state index contributed by atoms with van der Waals surface area (Å²) in [4.78, 5) is 11.9. The molecule has 198 valence electrons. The molecule has 0 fully saturated rings. The molecule has 2 rings (SSSR count). The zero-order chi connectivity index (χ0) is 26.8. The van der Waals surface area contributed by atoms with Crippen LogP contribution in [0.4, 0.5) is 17.1 Å². The van der Waals surface area contributed by atoms with Crippen LogP contribution in [0.15, 0.2) is 58.8 Å². The maximum atomic E-state index is 11.9. The molecule has 2 aromatic carbocycles. The molecular weight excluding hydrogens is 511 g/mol. The molecule has 0 unspecified atom stereocenters. The SMILES string of the molecule is CC(C)(C)[Si](C)(C)OCCCCc1ccc(N=Nc2ccc(NC(=O)CCSS(C)(=O)=O)cc2)cc1. The van der Waals surface area contributed by atoms with Gasteiger partial charge < -0.3 is 9.74 Å². The fraction of sp³-hybridized carbons (Fsp3) is 0.500. The summed E-state index contributed by atoms with van der Waals surface area (Å²) in [5.74, 6) is -0.00908. The second kappa shape index (κ2) is 13.5. The number of hydrogen-bond acceptors (Lipinski definition) is 7. The Hall–Kier alpha value is -2.01. The summed E-state index contributed by atoms with van der Waals surface area (Å²) >= 11 is 0. The number of nitrogens with zero attached hydrogens (tertiary/aromatic N) is 2. The number of amides is 1. The van der Waals surface area contributed by atoms with Crippen LogP contribution in [0.5, 0.6) is 0 Å². The van der Waals surface area contributed by atoms with Crippen LogP contribution < -0.4 is 5.32 Å². The molecule has 0 aromatic heterocycles. The number of anilines is 1. The van der Waals surface area contributed by atoms with Crippen molar-refractivity contribution in [2.24, 2.45) is 10.2 Å². The molecule has 0 radical (unpaired) electrons. The van der Waals surface area contributed by atoms with Crippen molar-refractivity contribution in [3.8, 4) is 0 Å². The lowest BCUT2D eigenvalue weighted by molar-refractivity contribution is -0.115. The summed E-state index contributed by atoms with van der Waals surface area (Å²) in [6.45, 7) is 12.2. The van der Waals surface area contributed by atoms with E-state index in [0.717, 1.165) is 48.6 Å². The van der Waals surface area contributed by atoms with Gasteiger partial charge in [0.05, 0.1) is 11.4 Å². The zero-order valence-corrected chi connectivity index (χ0v) is 24.8. The summed E-state index contributed by atoms with van der Waals surface area (Å²) in [6.07, 6.45) is 4.42. The number of carbonyl (C=O) groups is 1. The van der Waals surface area contributed by atoms with E-state index in [4.69, 9.17) is 4.43 Å². The number of rotatable bonds is 13. The number of azo groups is 1. The van der Waals surface area contributed by atoms with Gasteiger partial charge in [-0.3, -0.25) is 4.79 Å². The fourth-order valence-electron chi connectivity index (χ4n) is 2.94. The highest BCUT2D eigenvalue weighted by atomic mass is 33.1. The lowest BCUT2D eigenvalue weighted by Crippen LogP contribution is -2.40. The molecular formula is C26H39N3O4S2Si. The lowest BCUT2D eigenvalue weighted by Gasteiger charge is -2.36. The average molecular weight is 550 g/mol. The van der Waals surface area contributed by atoms with E-state index in [1.54, 1.807) is 24.3 Å². The van der Waals surface area contributed by atoms with Crippen LogP contribution in [0.25, 0.3) is 0 Å². The Kier molecular flexibility index (Phi) is 11.3. The minimum absolute atomic E-state index is 0.125. The summed E-state index contributed by atoms with van der Waals surface area (Å²) < 4.78 is 28.5. The molecule has 36 heavy (non-hydrogen) atoms. The van der Waals surface area contributed by atoms with Gasteiger partial charge in [-0.2, -0.15) is 10.2 Å². The van der Waals surface area contributed by atoms with Gasteiger partial charge in [-0.25, -0.2) is 8.42 Å². The molecule has 0 spiro atoms. The van der Waals surface area contributed by atoms with E-state index in [1.165, 1.54) is 5.56 Å². The molecule has 0 heterocycles. The Bertz CT molecular complexity index is 1110. The van der Waals surface area contributed by atoms with Crippen molar-refractivity contribution >= 4 is 50.9 Å². The van der Waals surface area contributed by atoms with Crippen LogP contribution >= 0.6 is 10.8 Å². The van der Waals surface area contributed by atoms with Gasteiger partial charge in [0.2, 0.25) is 5.91 Å². The topological polar surface area (TPSA) is 97.2 Å². The minimum Gasteiger partial charge on any atom is -0.417 e. The van der Waals surface area contributed by atoms with Crippen molar-refractivity contribution < 1.29 is 17.6 Å². The molecule has 0 saturated heterocycles. The zero-order valence-electron chi connectivity index (χ0n) is 22.2. The Balaban J connectivity index is 1.75. The largest absolute Gasteiger partial charge is 0.417 e. The van der Waals surface area contributed by atoms with Gasteiger partial charge in [0, 0.05) is 30.7 Å². The number of aryl methyl sites for hydroxylation is 1. The van der Waals surface area contributed by atoms with Crippen molar-refractivity contribution in [2.75, 3.05) is 23.9 Å². The highest BCUT2D eigenvalue weighted by molar-refractivity contribution is 8.71. The van der Waals surface area contributed by atoms with Crippen molar-refractivity contribution in [1.82, 2.24) is 0 Å². The number of benzene rings is 2. The van der Waals surface area contributed by atoms with E-state index in [9.17, 15) is 13.2 Å². The first-order valence-corrected chi connectivity index (χ1v) is 18.4. The Morgan fingerprint density at radius 2 is 1.53 bits per heavy atom. The molecule has 10 heteroatoms. The average Bonchev–Trinajstić information content (AvgIpc) is 2.77. The molecule has 0 atom stereocenters. The summed E-state index contributed by atoms with van der Waals surface area (Å²) in [5.41, 5.74) is 3.35. The van der Waals surface area contributed by atoms with Crippen molar-refractivity contribution in [2.45, 2.75) is 64.6 Å². The van der Waals surface area contributed by atoms with Gasteiger partial charge in [0.15, 0.2) is 17.2 Å². The molecule has 0 saturated carbocycles. The molecule has 2 aromatic rings. The number of nitrogens with one attached hydrogen (secondary N) is 1. The predicted molar refractivity (Wildman–Crippen MR) is 154 cm³/mol. The molecule has 0 bridgehead atoms. The van der Waals surface area contributed by atoms with Gasteiger partial charge in [-0.15, -0.1) is 0 Å². The number of hydrogen-bond donors (Lipinski definition) is 1. The third-order valence-corrected chi connectivity index (χ3v) is 13.2. The van der Waals surface area contributed by atoms with Crippen LogP contribution in [-0.4, -0.2) is 41.3 Å². The first-order valence-electron chi connectivity index (χ1n) is 12.1. The highest BCUT2D eigenvalue weighted by Crippen LogP contribution is 2.36. The van der Waals surface area contributed by atoms with Crippen molar-refractivity contribution in [1.29, 1.82) is 0 Å². The van der Waals surface area contributed by atoms with Crippen LogP contribution in [0, 0.1) is 0 Å². The molecule has 7 nitrogen and oxygen atoms in total. The second-order valence-corrected chi connectivity index (χ2v) is 19.7. The van der Waals surface area contributed by atoms with Crippen LogP contribution in [0.1, 0.15) is 45.6 Å². The predicted octanol–water partition coefficient (Wildman–Crippen LogP) is 7.47. The first kappa shape index (κ1) is 30.2. The van der Waals surface area contributed by atoms with Crippen molar-refractivity contribution in [3.63, 3.8) is 0 Å². The monoisotopic (exact) mass is 549 g/mol. The van der Waals surface area contributed by atoms with Gasteiger partial charge in [-0.1, -0.05) is 32.9 Å². The number of carbonyl (C=O) groups excluding carboxylic acids is 1. The van der Waals surface area contributed by atoms with Crippen LogP contribution in [-0.2, 0) is 24.5 Å². The van der Waals surface area contributed by atoms with E-state index in [-0.39, 0.29) is 23.1 Å². The van der Waals surface area contributed by atoms with Crippen molar-refractivity contribution in [3.05, 3.63) is 54.1 Å². The van der Waals surface area contributed by atoms with Crippen LogP contribution in [0.3, 0.4) is 0 Å². The van der Waals surface area contributed by atoms with E-state index >= 15 is 0 Å². The highest BCUT2D eigenvalue weighted by Gasteiger charge is 2.36. The van der Waals surface area contributed by atoms with Crippen LogP contribution in [0.2, 0.25) is 18.1 Å². The van der Waals surface area contributed by atoms with E-state index < -0.39 is 17.2 Å². The quantitative estimate of drug-likeness (QED) is 0.121. The standard InChI is InChI=1S/C26H39N3O4S2Si/c1-26(2,3)36(5,6)33-19-8-7-9-21-10-12-23(13-11-21)28-29-24-16-14-22(15-17-24)27-25(30)18-20-34-35(4,31)32/h10-17H,7-9,18-20H2,1-6H3,(H,27,30).